The second-order valence-corrected chi connectivity index (χ2v) is 6.96. The van der Waals surface area contributed by atoms with Gasteiger partial charge in [0.15, 0.2) is 0 Å². The Balaban J connectivity index is 2.08. The number of nitrogens with one attached hydrogen (secondary N) is 2. The molecule has 0 heterocycles. The molecule has 0 spiro atoms. The summed E-state index contributed by atoms with van der Waals surface area (Å²) < 4.78 is 5.21. The number of rotatable bonds is 3. The summed E-state index contributed by atoms with van der Waals surface area (Å²) in [5.41, 5.74) is 3.38. The molecular formula is C20H24N2O3. The maximum Gasteiger partial charge on any atom is 0.412 e. The maximum absolute atomic E-state index is 12.4. The van der Waals surface area contributed by atoms with Crippen LogP contribution >= 0.6 is 0 Å². The van der Waals surface area contributed by atoms with Crippen LogP contribution in [0.2, 0.25) is 0 Å². The largest absolute Gasteiger partial charge is 0.444 e. The third-order valence-electron chi connectivity index (χ3n) is 3.53. The van der Waals surface area contributed by atoms with Crippen molar-refractivity contribution in [2.75, 3.05) is 10.6 Å². The maximum atomic E-state index is 12.4. The lowest BCUT2D eigenvalue weighted by molar-refractivity contribution is 0.0635. The summed E-state index contributed by atoms with van der Waals surface area (Å²) in [5.74, 6) is -0.240. The quantitative estimate of drug-likeness (QED) is 0.835. The van der Waals surface area contributed by atoms with E-state index in [1.54, 1.807) is 45.0 Å². The lowest BCUT2D eigenvalue weighted by Gasteiger charge is -2.19. The van der Waals surface area contributed by atoms with Gasteiger partial charge in [-0.25, -0.2) is 4.79 Å². The van der Waals surface area contributed by atoms with Gasteiger partial charge in [-0.05, 0) is 76.1 Å². The van der Waals surface area contributed by atoms with Gasteiger partial charge in [-0.2, -0.15) is 0 Å². The van der Waals surface area contributed by atoms with E-state index in [0.29, 0.717) is 11.3 Å². The van der Waals surface area contributed by atoms with Crippen LogP contribution in [0.1, 0.15) is 42.3 Å². The Morgan fingerprint density at radius 1 is 0.880 bits per heavy atom. The van der Waals surface area contributed by atoms with Crippen LogP contribution in [0.15, 0.2) is 42.5 Å². The van der Waals surface area contributed by atoms with Crippen molar-refractivity contribution < 1.29 is 14.3 Å². The molecule has 0 saturated carbocycles. The molecule has 0 aliphatic heterocycles. The van der Waals surface area contributed by atoms with E-state index in [-0.39, 0.29) is 5.91 Å². The van der Waals surface area contributed by atoms with Crippen LogP contribution in [-0.4, -0.2) is 17.6 Å². The van der Waals surface area contributed by atoms with E-state index in [1.165, 1.54) is 5.56 Å². The fraction of sp³-hybridized carbons (Fsp3) is 0.300. The highest BCUT2D eigenvalue weighted by molar-refractivity contribution is 6.05. The molecule has 2 amide bonds. The highest BCUT2D eigenvalue weighted by atomic mass is 16.6. The van der Waals surface area contributed by atoms with E-state index in [4.69, 9.17) is 4.74 Å². The smallest absolute Gasteiger partial charge is 0.412 e. The second kappa shape index (κ2) is 7.38. The number of carbonyl (C=O) groups excluding carboxylic acids is 2. The molecule has 25 heavy (non-hydrogen) atoms. The zero-order valence-corrected chi connectivity index (χ0v) is 15.3. The molecule has 2 aromatic carbocycles. The van der Waals surface area contributed by atoms with Crippen molar-refractivity contribution >= 4 is 23.4 Å². The topological polar surface area (TPSA) is 67.4 Å². The molecule has 0 aromatic heterocycles. The normalized spacial score (nSPS) is 10.9. The van der Waals surface area contributed by atoms with Gasteiger partial charge in [0.25, 0.3) is 5.91 Å². The summed E-state index contributed by atoms with van der Waals surface area (Å²) in [6, 6.07) is 12.5. The average Bonchev–Trinajstić information content (AvgIpc) is 2.49. The molecular weight excluding hydrogens is 316 g/mol. The zero-order chi connectivity index (χ0) is 18.6. The van der Waals surface area contributed by atoms with E-state index in [2.05, 4.69) is 10.6 Å². The number of benzene rings is 2. The van der Waals surface area contributed by atoms with E-state index in [1.807, 2.05) is 32.0 Å². The lowest BCUT2D eigenvalue weighted by atomic mass is 10.1. The van der Waals surface area contributed by atoms with Gasteiger partial charge in [0.2, 0.25) is 0 Å². The van der Waals surface area contributed by atoms with Crippen molar-refractivity contribution in [2.45, 2.75) is 40.2 Å². The first kappa shape index (κ1) is 18.5. The second-order valence-electron chi connectivity index (χ2n) is 6.96. The monoisotopic (exact) mass is 340 g/mol. The Bertz CT molecular complexity index is 792. The molecule has 2 aromatic rings. The molecule has 5 nitrogen and oxygen atoms in total. The Kier molecular flexibility index (Phi) is 5.47. The molecule has 0 fully saturated rings. The Morgan fingerprint density at radius 3 is 2.20 bits per heavy atom. The van der Waals surface area contributed by atoms with Crippen LogP contribution < -0.4 is 10.6 Å². The first-order valence-corrected chi connectivity index (χ1v) is 8.13. The minimum Gasteiger partial charge on any atom is -0.444 e. The Morgan fingerprint density at radius 2 is 1.56 bits per heavy atom. The summed E-state index contributed by atoms with van der Waals surface area (Å²) in [5, 5.41) is 5.50. The van der Waals surface area contributed by atoms with Crippen LogP contribution in [0, 0.1) is 13.8 Å². The summed E-state index contributed by atoms with van der Waals surface area (Å²) in [6.45, 7) is 9.39. The van der Waals surface area contributed by atoms with E-state index >= 15 is 0 Å². The average molecular weight is 340 g/mol. The predicted octanol–water partition coefficient (Wildman–Crippen LogP) is 4.90. The van der Waals surface area contributed by atoms with Gasteiger partial charge in [0.1, 0.15) is 5.60 Å². The SMILES string of the molecule is Cc1ccc(NC(=O)c2cccc(NC(=O)OC(C)(C)C)c2)cc1C. The van der Waals surface area contributed by atoms with E-state index < -0.39 is 11.7 Å². The number of hydrogen-bond acceptors (Lipinski definition) is 3. The van der Waals surface area contributed by atoms with Gasteiger partial charge in [0, 0.05) is 16.9 Å². The molecule has 0 aliphatic rings. The molecule has 0 unspecified atom stereocenters. The van der Waals surface area contributed by atoms with Crippen LogP contribution in [-0.2, 0) is 4.74 Å². The van der Waals surface area contributed by atoms with Gasteiger partial charge in [-0.1, -0.05) is 12.1 Å². The third kappa shape index (κ3) is 5.64. The van der Waals surface area contributed by atoms with Gasteiger partial charge >= 0.3 is 6.09 Å². The van der Waals surface area contributed by atoms with Crippen LogP contribution in [0.25, 0.3) is 0 Å². The number of hydrogen-bond donors (Lipinski definition) is 2. The fourth-order valence-corrected chi connectivity index (χ4v) is 2.18. The van der Waals surface area contributed by atoms with Crippen molar-refractivity contribution in [1.29, 1.82) is 0 Å². The highest BCUT2D eigenvalue weighted by Crippen LogP contribution is 2.17. The van der Waals surface area contributed by atoms with Crippen molar-refractivity contribution in [2.24, 2.45) is 0 Å². The summed E-state index contributed by atoms with van der Waals surface area (Å²) in [4.78, 5) is 24.3. The molecule has 0 atom stereocenters. The van der Waals surface area contributed by atoms with Crippen LogP contribution in [0.5, 0.6) is 0 Å². The van der Waals surface area contributed by atoms with Crippen LogP contribution in [0.3, 0.4) is 0 Å². The van der Waals surface area contributed by atoms with Gasteiger partial charge in [-0.15, -0.1) is 0 Å². The number of aryl methyl sites for hydroxylation is 2. The number of carbonyl (C=O) groups is 2. The zero-order valence-electron chi connectivity index (χ0n) is 15.3. The number of anilines is 2. The van der Waals surface area contributed by atoms with E-state index in [0.717, 1.165) is 11.3 Å². The molecule has 0 radical (unpaired) electrons. The number of ether oxygens (including phenoxy) is 1. The van der Waals surface area contributed by atoms with Gasteiger partial charge in [-0.3, -0.25) is 10.1 Å². The molecule has 132 valence electrons. The Labute approximate surface area is 148 Å². The molecule has 5 heteroatoms. The first-order chi connectivity index (χ1) is 11.6. The van der Waals surface area contributed by atoms with Crippen molar-refractivity contribution in [1.82, 2.24) is 0 Å². The first-order valence-electron chi connectivity index (χ1n) is 8.13. The minimum atomic E-state index is -0.581. The molecule has 0 bridgehead atoms. The fourth-order valence-electron chi connectivity index (χ4n) is 2.18. The van der Waals surface area contributed by atoms with E-state index in [9.17, 15) is 9.59 Å². The molecule has 2 N–H and O–H groups in total. The molecule has 0 aliphatic carbocycles. The van der Waals surface area contributed by atoms with Crippen molar-refractivity contribution in [3.05, 3.63) is 59.2 Å². The molecule has 2 rings (SSSR count). The third-order valence-corrected chi connectivity index (χ3v) is 3.53. The lowest BCUT2D eigenvalue weighted by Crippen LogP contribution is -2.27. The van der Waals surface area contributed by atoms with Gasteiger partial charge < -0.3 is 10.1 Å². The minimum absolute atomic E-state index is 0.240. The summed E-state index contributed by atoms with van der Waals surface area (Å²) >= 11 is 0. The van der Waals surface area contributed by atoms with Gasteiger partial charge in [0.05, 0.1) is 0 Å². The highest BCUT2D eigenvalue weighted by Gasteiger charge is 2.16. The summed E-state index contributed by atoms with van der Waals surface area (Å²) in [6.07, 6.45) is -0.556. The Hall–Kier alpha value is -2.82. The van der Waals surface area contributed by atoms with Crippen LogP contribution in [0.4, 0.5) is 16.2 Å². The number of amides is 2. The summed E-state index contributed by atoms with van der Waals surface area (Å²) in [7, 11) is 0. The standard InChI is InChI=1S/C20H24N2O3/c1-13-9-10-17(11-14(13)2)21-18(23)15-7-6-8-16(12-15)22-19(24)25-20(3,4)5/h6-12H,1-5H3,(H,21,23)(H,22,24). The van der Waals surface area contributed by atoms with Crippen molar-refractivity contribution in [3.63, 3.8) is 0 Å². The predicted molar refractivity (Wildman–Crippen MR) is 100 cm³/mol. The molecule has 0 saturated heterocycles. The van der Waals surface area contributed by atoms with Crippen molar-refractivity contribution in [3.8, 4) is 0 Å².